The maximum atomic E-state index is 2.32. The topological polar surface area (TPSA) is 3.88 Å². The van der Waals surface area contributed by atoms with Gasteiger partial charge in [0.1, 0.15) is 6.54 Å². The van der Waals surface area contributed by atoms with Gasteiger partial charge in [0.2, 0.25) is 0 Å². The van der Waals surface area contributed by atoms with E-state index in [0.717, 1.165) is 0 Å². The molecular weight excluding hydrogens is 189 g/mol. The molecule has 1 aromatic heterocycles. The lowest BCUT2D eigenvalue weighted by Gasteiger charge is -1.99. The standard InChI is InChI=1S/C13H22N.FH/c1-3-5-6-10-14-11-7-9-13(12-14)8-4-2;/h7,9,11-12H,3-6,8,10H2,1-2H3;1H/q+1;/p-1. The predicted octanol–water partition coefficient (Wildman–Crippen LogP) is 0.121. The highest BCUT2D eigenvalue weighted by molar-refractivity contribution is 5.04. The minimum atomic E-state index is 0. The third-order valence-corrected chi connectivity index (χ3v) is 2.48. The molecule has 1 nitrogen and oxygen atoms in total. The van der Waals surface area contributed by atoms with E-state index < -0.39 is 0 Å². The maximum absolute atomic E-state index is 2.32. The number of nitrogens with zero attached hydrogens (tertiary/aromatic N) is 1. The third-order valence-electron chi connectivity index (χ3n) is 2.48. The maximum Gasteiger partial charge on any atom is 0.171 e. The first-order chi connectivity index (χ1) is 6.86. The fraction of sp³-hybridized carbons (Fsp3) is 0.615. The highest BCUT2D eigenvalue weighted by Gasteiger charge is 2.01. The van der Waals surface area contributed by atoms with E-state index in [1.165, 1.54) is 44.2 Å². The number of unbranched alkanes of at least 4 members (excludes halogenated alkanes) is 2. The van der Waals surface area contributed by atoms with Crippen molar-refractivity contribution < 1.29 is 9.27 Å². The molecule has 0 saturated heterocycles. The predicted molar refractivity (Wildman–Crippen MR) is 60.2 cm³/mol. The molecule has 2 heteroatoms. The fourth-order valence-electron chi connectivity index (χ4n) is 1.70. The Hall–Kier alpha value is -0.920. The molecule has 15 heavy (non-hydrogen) atoms. The summed E-state index contributed by atoms with van der Waals surface area (Å²) in [6.45, 7) is 5.65. The van der Waals surface area contributed by atoms with E-state index in [4.69, 9.17) is 0 Å². The van der Waals surface area contributed by atoms with Crippen LogP contribution in [0.1, 0.15) is 45.1 Å². The van der Waals surface area contributed by atoms with Gasteiger partial charge in [-0.05, 0) is 18.9 Å². The van der Waals surface area contributed by atoms with Crippen LogP contribution in [0.15, 0.2) is 24.5 Å². The molecule has 1 rings (SSSR count). The van der Waals surface area contributed by atoms with Gasteiger partial charge in [-0.3, -0.25) is 0 Å². The van der Waals surface area contributed by atoms with Crippen LogP contribution in [0.25, 0.3) is 0 Å². The van der Waals surface area contributed by atoms with Crippen molar-refractivity contribution in [2.45, 2.75) is 52.5 Å². The van der Waals surface area contributed by atoms with E-state index >= 15 is 0 Å². The molecule has 0 fully saturated rings. The van der Waals surface area contributed by atoms with E-state index in [-0.39, 0.29) is 4.70 Å². The van der Waals surface area contributed by atoms with Crippen molar-refractivity contribution in [3.05, 3.63) is 30.1 Å². The number of hydrogen-bond acceptors (Lipinski definition) is 0. The largest absolute Gasteiger partial charge is 1.00 e. The Labute approximate surface area is 92.5 Å². The monoisotopic (exact) mass is 211 g/mol. The molecule has 1 heterocycles. The molecule has 0 aliphatic heterocycles. The number of hydrogen-bond donors (Lipinski definition) is 0. The van der Waals surface area contributed by atoms with Crippen LogP contribution in [0, 0.1) is 0 Å². The fourth-order valence-corrected chi connectivity index (χ4v) is 1.70. The van der Waals surface area contributed by atoms with E-state index in [0.29, 0.717) is 0 Å². The highest BCUT2D eigenvalue weighted by atomic mass is 19.0. The van der Waals surface area contributed by atoms with Crippen molar-refractivity contribution in [1.82, 2.24) is 0 Å². The molecule has 0 spiro atoms. The van der Waals surface area contributed by atoms with E-state index in [1.807, 2.05) is 0 Å². The Morgan fingerprint density at radius 1 is 1.13 bits per heavy atom. The van der Waals surface area contributed by atoms with Crippen molar-refractivity contribution >= 4 is 0 Å². The lowest BCUT2D eigenvalue weighted by atomic mass is 10.2. The van der Waals surface area contributed by atoms with Crippen molar-refractivity contribution in [2.75, 3.05) is 0 Å². The van der Waals surface area contributed by atoms with Gasteiger partial charge < -0.3 is 4.70 Å². The second kappa shape index (κ2) is 8.39. The Bertz CT molecular complexity index is 260. The molecule has 0 atom stereocenters. The van der Waals surface area contributed by atoms with Gasteiger partial charge in [-0.1, -0.05) is 26.7 Å². The van der Waals surface area contributed by atoms with Crippen LogP contribution in [-0.2, 0) is 13.0 Å². The number of aromatic nitrogens is 1. The summed E-state index contributed by atoms with van der Waals surface area (Å²) in [4.78, 5) is 0. The minimum Gasteiger partial charge on any atom is -1.00 e. The summed E-state index contributed by atoms with van der Waals surface area (Å²) in [5.74, 6) is 0. The lowest BCUT2D eigenvalue weighted by Crippen LogP contribution is -3.00. The molecule has 0 bridgehead atoms. The zero-order chi connectivity index (χ0) is 10.2. The van der Waals surface area contributed by atoms with Gasteiger partial charge in [0.25, 0.3) is 0 Å². The van der Waals surface area contributed by atoms with Crippen molar-refractivity contribution in [2.24, 2.45) is 0 Å². The number of aryl methyl sites for hydroxylation is 2. The van der Waals surface area contributed by atoms with Crippen LogP contribution in [-0.4, -0.2) is 0 Å². The van der Waals surface area contributed by atoms with Crippen LogP contribution >= 0.6 is 0 Å². The summed E-state index contributed by atoms with van der Waals surface area (Å²) in [5.41, 5.74) is 1.46. The molecule has 0 saturated carbocycles. The smallest absolute Gasteiger partial charge is 0.171 e. The second-order valence-electron chi connectivity index (χ2n) is 3.91. The molecule has 0 radical (unpaired) electrons. The quantitative estimate of drug-likeness (QED) is 0.465. The van der Waals surface area contributed by atoms with Gasteiger partial charge in [-0.2, -0.15) is 0 Å². The van der Waals surface area contributed by atoms with Gasteiger partial charge in [0, 0.05) is 18.1 Å². The first kappa shape index (κ1) is 14.1. The summed E-state index contributed by atoms with van der Waals surface area (Å²) in [6.07, 6.45) is 10.8. The van der Waals surface area contributed by atoms with Crippen molar-refractivity contribution in [1.29, 1.82) is 0 Å². The van der Waals surface area contributed by atoms with Crippen LogP contribution in [0.5, 0.6) is 0 Å². The van der Waals surface area contributed by atoms with Gasteiger partial charge in [0.05, 0.1) is 0 Å². The average Bonchev–Trinajstić information content (AvgIpc) is 2.19. The van der Waals surface area contributed by atoms with Crippen molar-refractivity contribution in [3.63, 3.8) is 0 Å². The molecule has 0 amide bonds. The van der Waals surface area contributed by atoms with Gasteiger partial charge >= 0.3 is 0 Å². The van der Waals surface area contributed by atoms with E-state index in [2.05, 4.69) is 42.9 Å². The van der Waals surface area contributed by atoms with Gasteiger partial charge in [-0.25, -0.2) is 4.57 Å². The van der Waals surface area contributed by atoms with Crippen molar-refractivity contribution in [3.8, 4) is 0 Å². The summed E-state index contributed by atoms with van der Waals surface area (Å²) in [6, 6.07) is 4.39. The van der Waals surface area contributed by atoms with Crippen LogP contribution in [0.4, 0.5) is 0 Å². The van der Waals surface area contributed by atoms with E-state index in [1.54, 1.807) is 0 Å². The molecule has 0 aliphatic carbocycles. The molecule has 0 unspecified atom stereocenters. The highest BCUT2D eigenvalue weighted by Crippen LogP contribution is 1.99. The summed E-state index contributed by atoms with van der Waals surface area (Å²) in [7, 11) is 0. The summed E-state index contributed by atoms with van der Waals surface area (Å²) >= 11 is 0. The average molecular weight is 211 g/mol. The molecular formula is C13H22FN. The Balaban J connectivity index is 0.00000196. The first-order valence-corrected chi connectivity index (χ1v) is 5.84. The zero-order valence-corrected chi connectivity index (χ0v) is 9.88. The molecule has 0 N–H and O–H groups in total. The molecule has 86 valence electrons. The molecule has 1 aromatic rings. The zero-order valence-electron chi connectivity index (χ0n) is 9.88. The lowest BCUT2D eigenvalue weighted by molar-refractivity contribution is -0.697. The van der Waals surface area contributed by atoms with Gasteiger partial charge in [0.15, 0.2) is 12.4 Å². The number of rotatable bonds is 6. The summed E-state index contributed by atoms with van der Waals surface area (Å²) in [5, 5.41) is 0. The number of halogens is 1. The second-order valence-corrected chi connectivity index (χ2v) is 3.91. The molecule has 0 aromatic carbocycles. The van der Waals surface area contributed by atoms with Crippen LogP contribution < -0.4 is 9.27 Å². The Morgan fingerprint density at radius 2 is 1.93 bits per heavy atom. The van der Waals surface area contributed by atoms with E-state index in [9.17, 15) is 0 Å². The first-order valence-electron chi connectivity index (χ1n) is 5.84. The normalized spacial score (nSPS) is 9.73. The Morgan fingerprint density at radius 3 is 2.60 bits per heavy atom. The van der Waals surface area contributed by atoms with Gasteiger partial charge in [-0.15, -0.1) is 0 Å². The third kappa shape index (κ3) is 5.50. The molecule has 0 aliphatic rings. The van der Waals surface area contributed by atoms with Crippen LogP contribution in [0.2, 0.25) is 0 Å². The van der Waals surface area contributed by atoms with Crippen LogP contribution in [0.3, 0.4) is 0 Å². The minimum absolute atomic E-state index is 0. The Kier molecular flexibility index (Phi) is 7.88. The number of pyridine rings is 1. The summed E-state index contributed by atoms with van der Waals surface area (Å²) < 4.78 is 2.32. The SMILES string of the molecule is CCCCC[n+]1cccc(CCC)c1.[F-].